The van der Waals surface area contributed by atoms with Crippen LogP contribution >= 0.6 is 0 Å². The molecular formula is C11H19N5. The molecule has 0 bridgehead atoms. The first-order chi connectivity index (χ1) is 7.66. The van der Waals surface area contributed by atoms with Crippen molar-refractivity contribution in [2.45, 2.75) is 18.9 Å². The maximum Gasteiger partial charge on any atom is 0.221 e. The Balaban J connectivity index is 1.99. The molecule has 0 aliphatic carbocycles. The van der Waals surface area contributed by atoms with E-state index in [1.807, 2.05) is 6.07 Å². The highest BCUT2D eigenvalue weighted by Crippen LogP contribution is 2.19. The minimum atomic E-state index is 0.354. The lowest BCUT2D eigenvalue weighted by Crippen LogP contribution is -2.42. The molecule has 1 saturated heterocycles. The quantitative estimate of drug-likeness (QED) is 0.792. The van der Waals surface area contributed by atoms with Crippen LogP contribution in [-0.2, 0) is 0 Å². The Morgan fingerprint density at radius 3 is 2.62 bits per heavy atom. The second kappa shape index (κ2) is 4.65. The molecule has 2 rings (SSSR count). The first-order valence-corrected chi connectivity index (χ1v) is 5.66. The highest BCUT2D eigenvalue weighted by Gasteiger charge is 2.21. The molecular weight excluding hydrogens is 202 g/mol. The number of anilines is 2. The molecule has 1 fully saturated rings. The predicted octanol–water partition coefficient (Wildman–Crippen LogP) is 0.589. The van der Waals surface area contributed by atoms with Crippen LogP contribution in [0.3, 0.4) is 0 Å². The Morgan fingerprint density at radius 2 is 2.06 bits per heavy atom. The van der Waals surface area contributed by atoms with Crippen LogP contribution in [0.2, 0.25) is 0 Å². The summed E-state index contributed by atoms with van der Waals surface area (Å²) in [6.07, 6.45) is 4.07. The van der Waals surface area contributed by atoms with Crippen molar-refractivity contribution in [2.75, 3.05) is 37.8 Å². The zero-order chi connectivity index (χ0) is 11.5. The summed E-state index contributed by atoms with van der Waals surface area (Å²) < 4.78 is 0. The van der Waals surface area contributed by atoms with E-state index in [1.165, 1.54) is 12.8 Å². The van der Waals surface area contributed by atoms with E-state index in [1.54, 1.807) is 6.20 Å². The topological polar surface area (TPSA) is 58.3 Å². The molecule has 0 radical (unpaired) electrons. The average Bonchev–Trinajstić information content (AvgIpc) is 2.29. The number of nitrogens with two attached hydrogens (primary N) is 1. The predicted molar refractivity (Wildman–Crippen MR) is 65.4 cm³/mol. The van der Waals surface area contributed by atoms with Gasteiger partial charge in [0, 0.05) is 25.3 Å². The van der Waals surface area contributed by atoms with Gasteiger partial charge in [-0.1, -0.05) is 0 Å². The first kappa shape index (κ1) is 11.1. The second-order valence-corrected chi connectivity index (χ2v) is 4.45. The standard InChI is InChI=1S/C11H19N5/c1-15(2)9-4-7-16(8-5-9)10-3-6-13-11(12)14-10/h3,6,9H,4-5,7-8H2,1-2H3,(H2,12,13,14). The fraction of sp³-hybridized carbons (Fsp3) is 0.636. The molecule has 5 heteroatoms. The van der Waals surface area contributed by atoms with Gasteiger partial charge in [-0.2, -0.15) is 4.98 Å². The van der Waals surface area contributed by atoms with E-state index < -0.39 is 0 Å². The maximum absolute atomic E-state index is 5.58. The van der Waals surface area contributed by atoms with Crippen LogP contribution in [0.4, 0.5) is 11.8 Å². The fourth-order valence-corrected chi connectivity index (χ4v) is 2.15. The Kier molecular flexibility index (Phi) is 3.24. The van der Waals surface area contributed by atoms with E-state index in [2.05, 4.69) is 33.9 Å². The molecule has 2 N–H and O–H groups in total. The van der Waals surface area contributed by atoms with Gasteiger partial charge in [0.2, 0.25) is 5.95 Å². The molecule has 0 spiro atoms. The van der Waals surface area contributed by atoms with Crippen LogP contribution in [0.25, 0.3) is 0 Å². The molecule has 0 amide bonds. The van der Waals surface area contributed by atoms with Crippen molar-refractivity contribution in [3.05, 3.63) is 12.3 Å². The van der Waals surface area contributed by atoms with Gasteiger partial charge < -0.3 is 15.5 Å². The Hall–Kier alpha value is -1.36. The number of hydrogen-bond acceptors (Lipinski definition) is 5. The number of nitrogen functional groups attached to an aromatic ring is 1. The summed E-state index contributed by atoms with van der Waals surface area (Å²) in [6, 6.07) is 2.61. The lowest BCUT2D eigenvalue weighted by atomic mass is 10.0. The van der Waals surface area contributed by atoms with E-state index in [0.29, 0.717) is 12.0 Å². The van der Waals surface area contributed by atoms with Crippen molar-refractivity contribution in [2.24, 2.45) is 0 Å². The van der Waals surface area contributed by atoms with Crippen LogP contribution in [0.1, 0.15) is 12.8 Å². The number of rotatable bonds is 2. The largest absolute Gasteiger partial charge is 0.368 e. The van der Waals surface area contributed by atoms with E-state index in [9.17, 15) is 0 Å². The second-order valence-electron chi connectivity index (χ2n) is 4.45. The minimum Gasteiger partial charge on any atom is -0.368 e. The molecule has 88 valence electrons. The normalized spacial score (nSPS) is 18.1. The van der Waals surface area contributed by atoms with Gasteiger partial charge >= 0.3 is 0 Å². The summed E-state index contributed by atoms with van der Waals surface area (Å²) in [5.74, 6) is 1.30. The van der Waals surface area contributed by atoms with Gasteiger partial charge in [-0.15, -0.1) is 0 Å². The molecule has 0 unspecified atom stereocenters. The van der Waals surface area contributed by atoms with Gasteiger partial charge in [0.05, 0.1) is 0 Å². The minimum absolute atomic E-state index is 0.354. The average molecular weight is 221 g/mol. The van der Waals surface area contributed by atoms with Gasteiger partial charge in [0.1, 0.15) is 5.82 Å². The molecule has 1 aromatic rings. The molecule has 0 atom stereocenters. The summed E-state index contributed by atoms with van der Waals surface area (Å²) in [6.45, 7) is 2.08. The molecule has 2 heterocycles. The number of hydrogen-bond donors (Lipinski definition) is 1. The Bertz CT molecular complexity index is 344. The van der Waals surface area contributed by atoms with Gasteiger partial charge in [-0.25, -0.2) is 4.98 Å². The fourth-order valence-electron chi connectivity index (χ4n) is 2.15. The lowest BCUT2D eigenvalue weighted by Gasteiger charge is -2.35. The van der Waals surface area contributed by atoms with E-state index in [4.69, 9.17) is 5.73 Å². The maximum atomic E-state index is 5.58. The summed E-state index contributed by atoms with van der Waals surface area (Å²) in [5.41, 5.74) is 5.58. The van der Waals surface area contributed by atoms with Crippen LogP contribution in [0.15, 0.2) is 12.3 Å². The van der Waals surface area contributed by atoms with Gasteiger partial charge in [-0.3, -0.25) is 0 Å². The molecule has 1 aliphatic heterocycles. The zero-order valence-electron chi connectivity index (χ0n) is 9.93. The van der Waals surface area contributed by atoms with Gasteiger partial charge in [-0.05, 0) is 33.0 Å². The molecule has 0 aromatic carbocycles. The van der Waals surface area contributed by atoms with Crippen molar-refractivity contribution < 1.29 is 0 Å². The van der Waals surface area contributed by atoms with E-state index in [0.717, 1.165) is 18.9 Å². The third kappa shape index (κ3) is 2.41. The van der Waals surface area contributed by atoms with Crippen LogP contribution in [-0.4, -0.2) is 48.1 Å². The van der Waals surface area contributed by atoms with Crippen molar-refractivity contribution in [3.63, 3.8) is 0 Å². The van der Waals surface area contributed by atoms with Gasteiger partial charge in [0.25, 0.3) is 0 Å². The SMILES string of the molecule is CN(C)C1CCN(c2ccnc(N)n2)CC1. The molecule has 1 aliphatic rings. The van der Waals surface area contributed by atoms with Crippen LogP contribution < -0.4 is 10.6 Å². The van der Waals surface area contributed by atoms with Crippen LogP contribution in [0, 0.1) is 0 Å². The third-order valence-corrected chi connectivity index (χ3v) is 3.18. The zero-order valence-corrected chi connectivity index (χ0v) is 9.93. The number of aromatic nitrogens is 2. The molecule has 1 aromatic heterocycles. The summed E-state index contributed by atoms with van der Waals surface area (Å²) in [5, 5.41) is 0. The Labute approximate surface area is 96.3 Å². The first-order valence-electron chi connectivity index (χ1n) is 5.66. The van der Waals surface area contributed by atoms with Crippen molar-refractivity contribution >= 4 is 11.8 Å². The summed E-state index contributed by atoms with van der Waals surface area (Å²) in [4.78, 5) is 12.7. The van der Waals surface area contributed by atoms with Crippen molar-refractivity contribution in [1.29, 1.82) is 0 Å². The number of piperidine rings is 1. The summed E-state index contributed by atoms with van der Waals surface area (Å²) in [7, 11) is 4.28. The Morgan fingerprint density at radius 1 is 1.38 bits per heavy atom. The van der Waals surface area contributed by atoms with Gasteiger partial charge in [0.15, 0.2) is 0 Å². The third-order valence-electron chi connectivity index (χ3n) is 3.18. The molecule has 16 heavy (non-hydrogen) atoms. The summed E-state index contributed by atoms with van der Waals surface area (Å²) >= 11 is 0. The smallest absolute Gasteiger partial charge is 0.221 e. The highest BCUT2D eigenvalue weighted by atomic mass is 15.2. The highest BCUT2D eigenvalue weighted by molar-refractivity contribution is 5.41. The van der Waals surface area contributed by atoms with Crippen molar-refractivity contribution in [1.82, 2.24) is 14.9 Å². The monoisotopic (exact) mass is 221 g/mol. The number of nitrogens with zero attached hydrogens (tertiary/aromatic N) is 4. The lowest BCUT2D eigenvalue weighted by molar-refractivity contribution is 0.249. The molecule has 5 nitrogen and oxygen atoms in total. The van der Waals surface area contributed by atoms with E-state index in [-0.39, 0.29) is 0 Å². The van der Waals surface area contributed by atoms with E-state index >= 15 is 0 Å². The van der Waals surface area contributed by atoms with Crippen molar-refractivity contribution in [3.8, 4) is 0 Å². The molecule has 0 saturated carbocycles. The van der Waals surface area contributed by atoms with Crippen LogP contribution in [0.5, 0.6) is 0 Å².